The summed E-state index contributed by atoms with van der Waals surface area (Å²) in [5.41, 5.74) is -3.23. The highest BCUT2D eigenvalue weighted by atomic mass is 19.4. The van der Waals surface area contributed by atoms with E-state index >= 15 is 0 Å². The summed E-state index contributed by atoms with van der Waals surface area (Å²) in [7, 11) is 0. The lowest BCUT2D eigenvalue weighted by Crippen LogP contribution is -2.38. The van der Waals surface area contributed by atoms with E-state index in [0.717, 1.165) is 0 Å². The van der Waals surface area contributed by atoms with Gasteiger partial charge in [0.2, 0.25) is 5.91 Å². The van der Waals surface area contributed by atoms with E-state index in [1.165, 1.54) is 0 Å². The van der Waals surface area contributed by atoms with Crippen LogP contribution in [0.4, 0.5) is 36.4 Å². The summed E-state index contributed by atoms with van der Waals surface area (Å²) in [6.07, 6.45) is -7.41. The van der Waals surface area contributed by atoms with Crippen molar-refractivity contribution >= 4 is 23.5 Å². The molecule has 1 fully saturated rings. The normalized spacial score (nSPS) is 16.8. The number of amides is 1. The second kappa shape index (κ2) is 13.3. The number of carbonyl (C=O) groups is 3. The Hall–Kier alpha value is -4.42. The monoisotopic (exact) mass is 611 g/mol. The first kappa shape index (κ1) is 31.5. The second-order valence-corrected chi connectivity index (χ2v) is 9.81. The Kier molecular flexibility index (Phi) is 9.72. The Balaban J connectivity index is 1.56. The van der Waals surface area contributed by atoms with Crippen molar-refractivity contribution < 1.29 is 54.6 Å². The number of anilines is 1. The van der Waals surface area contributed by atoms with Gasteiger partial charge in [0.25, 0.3) is 0 Å². The van der Waals surface area contributed by atoms with Crippen LogP contribution >= 0.6 is 0 Å². The highest BCUT2D eigenvalue weighted by Crippen LogP contribution is 2.43. The van der Waals surface area contributed by atoms with E-state index in [0.29, 0.717) is 11.1 Å². The Morgan fingerprint density at radius 3 is 1.74 bits per heavy atom. The lowest BCUT2D eigenvalue weighted by atomic mass is 9.98. The minimum absolute atomic E-state index is 0.0686. The molecule has 4 rings (SSSR count). The molecule has 43 heavy (non-hydrogen) atoms. The predicted molar refractivity (Wildman–Crippen MR) is 137 cm³/mol. The average Bonchev–Trinajstić information content (AvgIpc) is 3.27. The fourth-order valence-electron chi connectivity index (χ4n) is 4.79. The van der Waals surface area contributed by atoms with E-state index < -0.39 is 76.9 Å². The van der Waals surface area contributed by atoms with Crippen molar-refractivity contribution in [2.45, 2.75) is 51.1 Å². The minimum atomic E-state index is -5.79. The van der Waals surface area contributed by atoms with Gasteiger partial charge in [-0.15, -0.1) is 0 Å². The highest BCUT2D eigenvalue weighted by Gasteiger charge is 2.48. The molecule has 1 heterocycles. The number of alkyl halides is 3. The molecule has 1 saturated heterocycles. The van der Waals surface area contributed by atoms with Gasteiger partial charge < -0.3 is 14.4 Å². The first-order valence-electron chi connectivity index (χ1n) is 13.0. The molecular formula is C30H24F7NO5. The number of rotatable bonds is 10. The molecule has 0 aromatic heterocycles. The minimum Gasteiger partial charge on any atom is -0.461 e. The van der Waals surface area contributed by atoms with Gasteiger partial charge in [0.15, 0.2) is 23.3 Å². The fourth-order valence-corrected chi connectivity index (χ4v) is 4.79. The number of halogens is 7. The number of benzene rings is 3. The van der Waals surface area contributed by atoms with Gasteiger partial charge in [-0.2, -0.15) is 13.2 Å². The molecule has 1 aliphatic rings. The summed E-state index contributed by atoms with van der Waals surface area (Å²) in [5.74, 6) is -14.4. The molecule has 1 amide bonds. The lowest BCUT2D eigenvalue weighted by molar-refractivity contribution is -0.146. The van der Waals surface area contributed by atoms with E-state index in [9.17, 15) is 45.1 Å². The molecule has 2 unspecified atom stereocenters. The predicted octanol–water partition coefficient (Wildman–Crippen LogP) is 6.64. The van der Waals surface area contributed by atoms with E-state index in [1.54, 1.807) is 60.7 Å². The van der Waals surface area contributed by atoms with Gasteiger partial charge in [-0.1, -0.05) is 60.7 Å². The van der Waals surface area contributed by atoms with Crippen LogP contribution in [0.1, 0.15) is 42.4 Å². The summed E-state index contributed by atoms with van der Waals surface area (Å²) in [5, 5.41) is 0. The zero-order valence-electron chi connectivity index (χ0n) is 22.3. The van der Waals surface area contributed by atoms with Gasteiger partial charge in [-0.05, 0) is 24.0 Å². The molecule has 2 atom stereocenters. The summed E-state index contributed by atoms with van der Waals surface area (Å²) >= 11 is 0. The fraction of sp³-hybridized carbons (Fsp3) is 0.300. The van der Waals surface area contributed by atoms with Crippen LogP contribution in [0.15, 0.2) is 60.7 Å². The molecule has 0 radical (unpaired) electrons. The van der Waals surface area contributed by atoms with Crippen LogP contribution in [0, 0.1) is 29.2 Å². The molecular weight excluding hydrogens is 587 g/mol. The average molecular weight is 612 g/mol. The van der Waals surface area contributed by atoms with Crippen molar-refractivity contribution in [2.75, 3.05) is 4.90 Å². The Morgan fingerprint density at radius 2 is 1.26 bits per heavy atom. The van der Waals surface area contributed by atoms with Crippen LogP contribution < -0.4 is 4.90 Å². The number of carbonyl (C=O) groups excluding carboxylic acids is 3. The molecule has 0 bridgehead atoms. The van der Waals surface area contributed by atoms with E-state index in [1.807, 2.05) is 0 Å². The summed E-state index contributed by atoms with van der Waals surface area (Å²) in [4.78, 5) is 38.4. The van der Waals surface area contributed by atoms with E-state index in [-0.39, 0.29) is 37.4 Å². The second-order valence-electron chi connectivity index (χ2n) is 9.81. The van der Waals surface area contributed by atoms with Crippen molar-refractivity contribution in [1.29, 1.82) is 0 Å². The van der Waals surface area contributed by atoms with Gasteiger partial charge in [-0.25, -0.2) is 17.6 Å². The van der Waals surface area contributed by atoms with E-state index in [2.05, 4.69) is 0 Å². The Labute approximate surface area is 241 Å². The van der Waals surface area contributed by atoms with Crippen molar-refractivity contribution in [3.63, 3.8) is 0 Å². The molecule has 6 nitrogen and oxygen atoms in total. The first-order chi connectivity index (χ1) is 20.4. The van der Waals surface area contributed by atoms with Crippen LogP contribution in [0.25, 0.3) is 0 Å². The third-order valence-corrected chi connectivity index (χ3v) is 6.86. The third kappa shape index (κ3) is 7.33. The number of nitrogens with zero attached hydrogens (tertiary/aromatic N) is 1. The molecule has 1 aliphatic heterocycles. The summed E-state index contributed by atoms with van der Waals surface area (Å²) in [6, 6.07) is 15.5. The lowest BCUT2D eigenvalue weighted by Gasteiger charge is -2.26. The maximum atomic E-state index is 15.0. The zero-order chi connectivity index (χ0) is 31.3. The number of hydrogen-bond donors (Lipinski definition) is 0. The van der Waals surface area contributed by atoms with Crippen LogP contribution in [0.2, 0.25) is 0 Å². The van der Waals surface area contributed by atoms with Crippen LogP contribution in [-0.2, 0) is 43.2 Å². The van der Waals surface area contributed by atoms with Gasteiger partial charge in [-0.3, -0.25) is 14.4 Å². The molecule has 13 heteroatoms. The largest absolute Gasteiger partial charge is 0.461 e. The van der Waals surface area contributed by atoms with Gasteiger partial charge in [0.1, 0.15) is 24.5 Å². The molecule has 0 saturated carbocycles. The van der Waals surface area contributed by atoms with Crippen LogP contribution in [-0.4, -0.2) is 23.9 Å². The van der Waals surface area contributed by atoms with Crippen molar-refractivity contribution in [1.82, 2.24) is 0 Å². The SMILES string of the molecule is O=C(CCC1CC(CC(=O)OCc2ccccc2)N(c2c(F)c(F)c(C(F)(F)F)c(F)c2F)C1=O)OCc1ccccc1. The Morgan fingerprint density at radius 1 is 0.767 bits per heavy atom. The number of esters is 2. The van der Waals surface area contributed by atoms with Gasteiger partial charge >= 0.3 is 18.1 Å². The smallest absolute Gasteiger partial charge is 0.422 e. The summed E-state index contributed by atoms with van der Waals surface area (Å²) < 4.78 is 109. The van der Waals surface area contributed by atoms with Crippen molar-refractivity contribution in [3.05, 3.63) is 101 Å². The third-order valence-electron chi connectivity index (χ3n) is 6.86. The van der Waals surface area contributed by atoms with Crippen molar-refractivity contribution in [3.8, 4) is 0 Å². The van der Waals surface area contributed by atoms with Gasteiger partial charge in [0, 0.05) is 18.4 Å². The zero-order valence-corrected chi connectivity index (χ0v) is 22.3. The molecule has 0 N–H and O–H groups in total. The topological polar surface area (TPSA) is 72.9 Å². The molecule has 0 spiro atoms. The number of hydrogen-bond acceptors (Lipinski definition) is 5. The Bertz CT molecular complexity index is 1450. The van der Waals surface area contributed by atoms with Crippen LogP contribution in [0.5, 0.6) is 0 Å². The number of ether oxygens (including phenoxy) is 2. The maximum Gasteiger partial charge on any atom is 0.422 e. The van der Waals surface area contributed by atoms with E-state index in [4.69, 9.17) is 9.47 Å². The first-order valence-corrected chi connectivity index (χ1v) is 13.0. The quantitative estimate of drug-likeness (QED) is 0.146. The molecule has 3 aromatic rings. The highest BCUT2D eigenvalue weighted by molar-refractivity contribution is 5.99. The molecule has 3 aromatic carbocycles. The molecule has 228 valence electrons. The summed E-state index contributed by atoms with van der Waals surface area (Å²) in [6.45, 7) is -0.274. The van der Waals surface area contributed by atoms with Crippen LogP contribution in [0.3, 0.4) is 0 Å². The standard InChI is InChI=1S/C30H24F7NO5/c31-24-23(30(35,36)37)25(32)27(34)28(26(24)33)38-20(14-22(40)43-16-18-9-5-2-6-10-18)13-19(29(38)41)11-12-21(39)42-15-17-7-3-1-4-8-17/h1-10,19-20H,11-16H2. The van der Waals surface area contributed by atoms with Crippen molar-refractivity contribution in [2.24, 2.45) is 5.92 Å². The van der Waals surface area contributed by atoms with Gasteiger partial charge in [0.05, 0.1) is 6.42 Å². The maximum absolute atomic E-state index is 15.0. The molecule has 0 aliphatic carbocycles.